The van der Waals surface area contributed by atoms with Crippen molar-refractivity contribution in [3.63, 3.8) is 0 Å². The van der Waals surface area contributed by atoms with Crippen LogP contribution in [0.3, 0.4) is 0 Å². The molecule has 0 aliphatic heterocycles. The molecule has 1 nitrogen and oxygen atoms in total. The molecule has 0 heterocycles. The molecule has 76 valence electrons. The number of benzene rings is 1. The summed E-state index contributed by atoms with van der Waals surface area (Å²) in [5, 5.41) is 0.0517. The zero-order chi connectivity index (χ0) is 10.6. The van der Waals surface area contributed by atoms with Crippen molar-refractivity contribution >= 4 is 35.0 Å². The Morgan fingerprint density at radius 1 is 1.43 bits per heavy atom. The third kappa shape index (κ3) is 2.63. The molecule has 0 radical (unpaired) electrons. The Morgan fingerprint density at radius 2 is 2.14 bits per heavy atom. The molecule has 1 aromatic carbocycles. The summed E-state index contributed by atoms with van der Waals surface area (Å²) in [5.74, 6) is -0.0364. The van der Waals surface area contributed by atoms with E-state index in [0.29, 0.717) is 11.4 Å². The molecule has 0 atom stereocenters. The molecule has 0 unspecified atom stereocenters. The molecular formula is C10H10Cl2FN. The second-order valence-corrected chi connectivity index (χ2v) is 3.51. The fraction of sp³-hybridized carbons (Fsp3) is 0.200. The van der Waals surface area contributed by atoms with Crippen molar-refractivity contribution in [1.82, 2.24) is 0 Å². The summed E-state index contributed by atoms with van der Waals surface area (Å²) in [5.41, 5.74) is 6.01. The standard InChI is InChI=1S/C10H10Cl2FN/c11-6-2-1-3-7-4-5-8(14)10(13)9(7)12/h1,3-5H,2,6,14H2. The van der Waals surface area contributed by atoms with Gasteiger partial charge in [0.15, 0.2) is 5.82 Å². The van der Waals surface area contributed by atoms with Crippen LogP contribution in [0.15, 0.2) is 18.2 Å². The van der Waals surface area contributed by atoms with E-state index >= 15 is 0 Å². The van der Waals surface area contributed by atoms with Crippen LogP contribution in [0, 0.1) is 5.82 Å². The van der Waals surface area contributed by atoms with E-state index < -0.39 is 5.82 Å². The van der Waals surface area contributed by atoms with Gasteiger partial charge in [-0.15, -0.1) is 11.6 Å². The van der Waals surface area contributed by atoms with Crippen LogP contribution in [0.4, 0.5) is 10.1 Å². The summed E-state index contributed by atoms with van der Waals surface area (Å²) in [4.78, 5) is 0. The molecule has 2 N–H and O–H groups in total. The van der Waals surface area contributed by atoms with Crippen LogP contribution in [0.5, 0.6) is 0 Å². The number of halogens is 3. The molecule has 1 aromatic rings. The predicted molar refractivity (Wildman–Crippen MR) is 60.2 cm³/mol. The first-order valence-electron chi connectivity index (χ1n) is 4.12. The van der Waals surface area contributed by atoms with Crippen LogP contribution in [0.25, 0.3) is 6.08 Å². The summed E-state index contributed by atoms with van der Waals surface area (Å²) < 4.78 is 13.2. The van der Waals surface area contributed by atoms with Crippen LogP contribution in [0.1, 0.15) is 12.0 Å². The quantitative estimate of drug-likeness (QED) is 0.626. The minimum absolute atomic E-state index is 0.0517. The summed E-state index contributed by atoms with van der Waals surface area (Å²) in [6, 6.07) is 3.16. The molecule has 1 rings (SSSR count). The normalized spacial score (nSPS) is 11.1. The second-order valence-electron chi connectivity index (χ2n) is 2.75. The van der Waals surface area contributed by atoms with Crippen molar-refractivity contribution < 1.29 is 4.39 Å². The Kier molecular flexibility index (Phi) is 4.23. The van der Waals surface area contributed by atoms with Crippen LogP contribution < -0.4 is 5.73 Å². The van der Waals surface area contributed by atoms with Gasteiger partial charge in [-0.2, -0.15) is 0 Å². The van der Waals surface area contributed by atoms with E-state index in [-0.39, 0.29) is 10.7 Å². The molecule has 0 aliphatic rings. The first kappa shape index (κ1) is 11.3. The third-order valence-electron chi connectivity index (χ3n) is 1.72. The summed E-state index contributed by atoms with van der Waals surface area (Å²) in [7, 11) is 0. The number of hydrogen-bond donors (Lipinski definition) is 1. The van der Waals surface area contributed by atoms with E-state index in [4.69, 9.17) is 28.9 Å². The highest BCUT2D eigenvalue weighted by Gasteiger charge is 2.06. The smallest absolute Gasteiger partial charge is 0.165 e. The Labute approximate surface area is 92.3 Å². The maximum absolute atomic E-state index is 13.2. The maximum Gasteiger partial charge on any atom is 0.165 e. The van der Waals surface area contributed by atoms with Crippen molar-refractivity contribution in [2.45, 2.75) is 6.42 Å². The highest BCUT2D eigenvalue weighted by molar-refractivity contribution is 6.32. The van der Waals surface area contributed by atoms with Gasteiger partial charge in [-0.1, -0.05) is 29.8 Å². The zero-order valence-electron chi connectivity index (χ0n) is 7.43. The van der Waals surface area contributed by atoms with Crippen LogP contribution >= 0.6 is 23.2 Å². The highest BCUT2D eigenvalue weighted by Crippen LogP contribution is 2.25. The first-order valence-corrected chi connectivity index (χ1v) is 5.04. The lowest BCUT2D eigenvalue weighted by molar-refractivity contribution is 0.632. The average Bonchev–Trinajstić information content (AvgIpc) is 2.18. The molecule has 0 fully saturated rings. The zero-order valence-corrected chi connectivity index (χ0v) is 8.95. The van der Waals surface area contributed by atoms with E-state index in [1.165, 1.54) is 6.07 Å². The van der Waals surface area contributed by atoms with Crippen molar-refractivity contribution in [3.8, 4) is 0 Å². The van der Waals surface area contributed by atoms with Crippen molar-refractivity contribution in [1.29, 1.82) is 0 Å². The van der Waals surface area contributed by atoms with Crippen LogP contribution in [-0.2, 0) is 0 Å². The minimum atomic E-state index is -0.570. The van der Waals surface area contributed by atoms with E-state index in [1.807, 2.05) is 6.08 Å². The fourth-order valence-corrected chi connectivity index (χ4v) is 1.34. The van der Waals surface area contributed by atoms with Gasteiger partial charge in [-0.05, 0) is 18.1 Å². The Hall–Kier alpha value is -0.730. The minimum Gasteiger partial charge on any atom is -0.396 e. The predicted octanol–water partition coefficient (Wildman–Crippen LogP) is 3.70. The van der Waals surface area contributed by atoms with Gasteiger partial charge in [-0.25, -0.2) is 4.39 Å². The first-order chi connectivity index (χ1) is 6.66. The molecule has 0 amide bonds. The number of nitrogens with two attached hydrogens (primary N) is 1. The topological polar surface area (TPSA) is 26.0 Å². The van der Waals surface area contributed by atoms with Gasteiger partial charge in [0, 0.05) is 5.88 Å². The van der Waals surface area contributed by atoms with Gasteiger partial charge in [0.1, 0.15) is 0 Å². The van der Waals surface area contributed by atoms with Crippen LogP contribution in [0.2, 0.25) is 5.02 Å². The molecule has 4 heteroatoms. The lowest BCUT2D eigenvalue weighted by Crippen LogP contribution is -1.92. The van der Waals surface area contributed by atoms with Crippen LogP contribution in [-0.4, -0.2) is 5.88 Å². The van der Waals surface area contributed by atoms with Gasteiger partial charge in [0.05, 0.1) is 10.7 Å². The third-order valence-corrected chi connectivity index (χ3v) is 2.32. The Morgan fingerprint density at radius 3 is 2.79 bits per heavy atom. The number of rotatable bonds is 3. The summed E-state index contributed by atoms with van der Waals surface area (Å²) in [6.07, 6.45) is 4.29. The van der Waals surface area contributed by atoms with E-state index in [9.17, 15) is 4.39 Å². The lowest BCUT2D eigenvalue weighted by atomic mass is 10.1. The number of anilines is 1. The number of allylic oxidation sites excluding steroid dienone is 1. The van der Waals surface area contributed by atoms with E-state index in [2.05, 4.69) is 0 Å². The Balaban J connectivity index is 2.94. The SMILES string of the molecule is Nc1ccc(C=CCCCl)c(Cl)c1F. The molecule has 0 aromatic heterocycles. The highest BCUT2D eigenvalue weighted by atomic mass is 35.5. The molecule has 14 heavy (non-hydrogen) atoms. The molecule has 0 saturated carbocycles. The molecule has 0 spiro atoms. The van der Waals surface area contributed by atoms with Gasteiger partial charge >= 0.3 is 0 Å². The van der Waals surface area contributed by atoms with Gasteiger partial charge in [0.2, 0.25) is 0 Å². The number of alkyl halides is 1. The van der Waals surface area contributed by atoms with Gasteiger partial charge in [-0.3, -0.25) is 0 Å². The lowest BCUT2D eigenvalue weighted by Gasteiger charge is -2.02. The van der Waals surface area contributed by atoms with Crippen molar-refractivity contribution in [3.05, 3.63) is 34.6 Å². The molecule has 0 aliphatic carbocycles. The number of hydrogen-bond acceptors (Lipinski definition) is 1. The molecular weight excluding hydrogens is 224 g/mol. The van der Waals surface area contributed by atoms with E-state index in [0.717, 1.165) is 6.42 Å². The fourth-order valence-electron chi connectivity index (χ4n) is 0.981. The van der Waals surface area contributed by atoms with Crippen molar-refractivity contribution in [2.24, 2.45) is 0 Å². The summed E-state index contributed by atoms with van der Waals surface area (Å²) >= 11 is 11.2. The monoisotopic (exact) mass is 233 g/mol. The second kappa shape index (κ2) is 5.23. The number of nitrogen functional groups attached to an aromatic ring is 1. The summed E-state index contributed by atoms with van der Waals surface area (Å²) in [6.45, 7) is 0. The van der Waals surface area contributed by atoms with Gasteiger partial charge < -0.3 is 5.73 Å². The van der Waals surface area contributed by atoms with Gasteiger partial charge in [0.25, 0.3) is 0 Å². The molecule has 0 bridgehead atoms. The van der Waals surface area contributed by atoms with Crippen molar-refractivity contribution in [2.75, 3.05) is 11.6 Å². The maximum atomic E-state index is 13.2. The molecule has 0 saturated heterocycles. The Bertz CT molecular complexity index is 350. The largest absolute Gasteiger partial charge is 0.396 e. The average molecular weight is 234 g/mol. The van der Waals surface area contributed by atoms with E-state index in [1.54, 1.807) is 12.1 Å².